The zero-order chi connectivity index (χ0) is 10.0. The minimum Gasteiger partial charge on any atom is -0.395 e. The molecule has 14 heavy (non-hydrogen) atoms. The summed E-state index contributed by atoms with van der Waals surface area (Å²) in [4.78, 5) is 8.77. The summed E-state index contributed by atoms with van der Waals surface area (Å²) in [5.74, 6) is 0.839. The lowest BCUT2D eigenvalue weighted by atomic mass is 9.68. The fourth-order valence-corrected chi connectivity index (χ4v) is 1.90. The molecule has 0 radical (unpaired) electrons. The average Bonchev–Trinajstić information content (AvgIpc) is 2.18. The van der Waals surface area contributed by atoms with Crippen molar-refractivity contribution in [1.82, 2.24) is 9.97 Å². The smallest absolute Gasteiger partial charge is 0.136 e. The van der Waals surface area contributed by atoms with Crippen molar-refractivity contribution < 1.29 is 5.11 Å². The maximum Gasteiger partial charge on any atom is 0.136 e. The van der Waals surface area contributed by atoms with Crippen LogP contribution in [0.15, 0.2) is 12.3 Å². The van der Waals surface area contributed by atoms with E-state index in [1.807, 2.05) is 6.07 Å². The zero-order valence-corrected chi connectivity index (χ0v) is 8.53. The molecule has 1 aliphatic carbocycles. The molecule has 0 bridgehead atoms. The third-order valence-corrected chi connectivity index (χ3v) is 3.16. The molecule has 3 heteroatoms. The molecular weight excluding hydrogens is 176 g/mol. The molecule has 0 amide bonds. The van der Waals surface area contributed by atoms with Gasteiger partial charge in [-0.05, 0) is 25.3 Å². The highest BCUT2D eigenvalue weighted by Gasteiger charge is 2.40. The largest absolute Gasteiger partial charge is 0.395 e. The third-order valence-electron chi connectivity index (χ3n) is 3.16. The van der Waals surface area contributed by atoms with Gasteiger partial charge in [0.15, 0.2) is 0 Å². The molecule has 2 rings (SSSR count). The number of hydrogen-bond donors (Lipinski definition) is 1. The minimum absolute atomic E-state index is 0.120. The summed E-state index contributed by atoms with van der Waals surface area (Å²) in [6.45, 7) is 2.26. The summed E-state index contributed by atoms with van der Waals surface area (Å²) in [6, 6.07) is 1.94. The van der Waals surface area contributed by atoms with Gasteiger partial charge in [0, 0.05) is 11.9 Å². The second-order valence-corrected chi connectivity index (χ2v) is 4.02. The first-order chi connectivity index (χ1) is 6.80. The minimum atomic E-state index is -0.120. The van der Waals surface area contributed by atoms with Gasteiger partial charge in [-0.1, -0.05) is 13.3 Å². The van der Waals surface area contributed by atoms with E-state index >= 15 is 0 Å². The molecule has 0 aromatic carbocycles. The standard InChI is InChI=1S/C11H16N2O/c1-2-9-4-7-12-10(13-9)11(8-14)5-3-6-11/h4,7,14H,2-3,5-6,8H2,1H3. The van der Waals surface area contributed by atoms with Crippen LogP contribution in [0.5, 0.6) is 0 Å². The fourth-order valence-electron chi connectivity index (χ4n) is 1.90. The summed E-state index contributed by atoms with van der Waals surface area (Å²) in [5, 5.41) is 9.37. The number of rotatable bonds is 3. The van der Waals surface area contributed by atoms with Gasteiger partial charge in [-0.25, -0.2) is 9.97 Å². The van der Waals surface area contributed by atoms with Crippen LogP contribution in [0.25, 0.3) is 0 Å². The van der Waals surface area contributed by atoms with Crippen molar-refractivity contribution in [2.45, 2.75) is 38.0 Å². The van der Waals surface area contributed by atoms with Crippen LogP contribution in [0.3, 0.4) is 0 Å². The number of hydrogen-bond acceptors (Lipinski definition) is 3. The molecular formula is C11H16N2O. The van der Waals surface area contributed by atoms with Gasteiger partial charge >= 0.3 is 0 Å². The monoisotopic (exact) mass is 192 g/mol. The van der Waals surface area contributed by atoms with Crippen LogP contribution in [0.4, 0.5) is 0 Å². The number of aliphatic hydroxyl groups excluding tert-OH is 1. The first-order valence-electron chi connectivity index (χ1n) is 5.24. The number of nitrogens with zero attached hydrogens (tertiary/aromatic N) is 2. The molecule has 1 aromatic heterocycles. The Balaban J connectivity index is 2.30. The summed E-state index contributed by atoms with van der Waals surface area (Å²) >= 11 is 0. The number of aromatic nitrogens is 2. The third kappa shape index (κ3) is 1.42. The van der Waals surface area contributed by atoms with Crippen molar-refractivity contribution in [2.24, 2.45) is 0 Å². The average molecular weight is 192 g/mol. The molecule has 1 fully saturated rings. The molecule has 0 spiro atoms. The molecule has 1 heterocycles. The summed E-state index contributed by atoms with van der Waals surface area (Å²) in [7, 11) is 0. The quantitative estimate of drug-likeness (QED) is 0.788. The van der Waals surface area contributed by atoms with E-state index in [4.69, 9.17) is 0 Å². The van der Waals surface area contributed by atoms with Crippen molar-refractivity contribution in [3.8, 4) is 0 Å². The Morgan fingerprint density at radius 1 is 1.50 bits per heavy atom. The van der Waals surface area contributed by atoms with Gasteiger partial charge in [0.25, 0.3) is 0 Å². The van der Waals surface area contributed by atoms with Gasteiger partial charge in [0.05, 0.1) is 12.0 Å². The lowest BCUT2D eigenvalue weighted by Crippen LogP contribution is -2.39. The molecule has 1 N–H and O–H groups in total. The van der Waals surface area contributed by atoms with E-state index in [1.54, 1.807) is 6.20 Å². The first kappa shape index (κ1) is 9.59. The number of aliphatic hydroxyl groups is 1. The van der Waals surface area contributed by atoms with Gasteiger partial charge < -0.3 is 5.11 Å². The Labute approximate surface area is 84.2 Å². The van der Waals surface area contributed by atoms with Crippen molar-refractivity contribution in [1.29, 1.82) is 0 Å². The Bertz CT molecular complexity index is 315. The molecule has 1 aliphatic rings. The molecule has 0 saturated heterocycles. The summed E-state index contributed by atoms with van der Waals surface area (Å²) < 4.78 is 0. The molecule has 3 nitrogen and oxygen atoms in total. The highest BCUT2D eigenvalue weighted by molar-refractivity contribution is 5.15. The maximum atomic E-state index is 9.37. The summed E-state index contributed by atoms with van der Waals surface area (Å²) in [5.41, 5.74) is 0.945. The van der Waals surface area contributed by atoms with E-state index < -0.39 is 0 Å². The highest BCUT2D eigenvalue weighted by atomic mass is 16.3. The Morgan fingerprint density at radius 2 is 2.29 bits per heavy atom. The van der Waals surface area contributed by atoms with Gasteiger partial charge in [0.2, 0.25) is 0 Å². The van der Waals surface area contributed by atoms with E-state index in [2.05, 4.69) is 16.9 Å². The van der Waals surface area contributed by atoms with Crippen LogP contribution in [0.2, 0.25) is 0 Å². The van der Waals surface area contributed by atoms with Crippen LogP contribution in [0.1, 0.15) is 37.7 Å². The number of aryl methyl sites for hydroxylation is 1. The summed E-state index contributed by atoms with van der Waals surface area (Å²) in [6.07, 6.45) is 5.96. The van der Waals surface area contributed by atoms with E-state index in [0.29, 0.717) is 0 Å². The normalized spacial score (nSPS) is 19.0. The van der Waals surface area contributed by atoms with E-state index in [9.17, 15) is 5.11 Å². The van der Waals surface area contributed by atoms with Crippen LogP contribution < -0.4 is 0 Å². The van der Waals surface area contributed by atoms with Crippen LogP contribution in [-0.2, 0) is 11.8 Å². The molecule has 1 saturated carbocycles. The topological polar surface area (TPSA) is 46.0 Å². The molecule has 0 aliphatic heterocycles. The van der Waals surface area contributed by atoms with Crippen molar-refractivity contribution in [3.05, 3.63) is 23.8 Å². The fraction of sp³-hybridized carbons (Fsp3) is 0.636. The molecule has 0 atom stereocenters. The van der Waals surface area contributed by atoms with Crippen LogP contribution in [0, 0.1) is 0 Å². The van der Waals surface area contributed by atoms with E-state index in [0.717, 1.165) is 30.8 Å². The Morgan fingerprint density at radius 3 is 2.79 bits per heavy atom. The first-order valence-corrected chi connectivity index (χ1v) is 5.24. The van der Waals surface area contributed by atoms with Crippen molar-refractivity contribution >= 4 is 0 Å². The van der Waals surface area contributed by atoms with Crippen LogP contribution in [-0.4, -0.2) is 21.7 Å². The molecule has 1 aromatic rings. The van der Waals surface area contributed by atoms with Crippen molar-refractivity contribution in [3.63, 3.8) is 0 Å². The highest BCUT2D eigenvalue weighted by Crippen LogP contribution is 2.41. The lowest BCUT2D eigenvalue weighted by Gasteiger charge is -2.38. The van der Waals surface area contributed by atoms with Gasteiger partial charge in [-0.3, -0.25) is 0 Å². The Kier molecular flexibility index (Phi) is 2.50. The maximum absolute atomic E-state index is 9.37. The van der Waals surface area contributed by atoms with Crippen LogP contribution >= 0.6 is 0 Å². The SMILES string of the molecule is CCc1ccnc(C2(CO)CCC2)n1. The molecule has 76 valence electrons. The van der Waals surface area contributed by atoms with Gasteiger partial charge in [0.1, 0.15) is 5.82 Å². The predicted molar refractivity (Wildman–Crippen MR) is 54.0 cm³/mol. The van der Waals surface area contributed by atoms with E-state index in [1.165, 1.54) is 6.42 Å². The lowest BCUT2D eigenvalue weighted by molar-refractivity contribution is 0.112. The van der Waals surface area contributed by atoms with Gasteiger partial charge in [-0.15, -0.1) is 0 Å². The van der Waals surface area contributed by atoms with E-state index in [-0.39, 0.29) is 12.0 Å². The van der Waals surface area contributed by atoms with Gasteiger partial charge in [-0.2, -0.15) is 0 Å². The molecule has 0 unspecified atom stereocenters. The van der Waals surface area contributed by atoms with Crippen molar-refractivity contribution in [2.75, 3.05) is 6.61 Å². The Hall–Kier alpha value is -0.960. The predicted octanol–water partition coefficient (Wildman–Crippen LogP) is 1.45. The second kappa shape index (κ2) is 3.65. The zero-order valence-electron chi connectivity index (χ0n) is 8.53. The second-order valence-electron chi connectivity index (χ2n) is 4.02.